The third-order valence-corrected chi connectivity index (χ3v) is 5.55. The summed E-state index contributed by atoms with van der Waals surface area (Å²) in [5, 5.41) is 9.23. The molecule has 94 valence electrons. The molecule has 0 spiro atoms. The van der Waals surface area contributed by atoms with E-state index in [4.69, 9.17) is 0 Å². The summed E-state index contributed by atoms with van der Waals surface area (Å²) in [4.78, 5) is 0. The van der Waals surface area contributed by atoms with Crippen LogP contribution in [0.2, 0.25) is 0 Å². The highest BCUT2D eigenvalue weighted by Gasteiger charge is 2.34. The van der Waals surface area contributed by atoms with Gasteiger partial charge in [-0.2, -0.15) is 0 Å². The van der Waals surface area contributed by atoms with Gasteiger partial charge in [0.15, 0.2) is 9.84 Å². The van der Waals surface area contributed by atoms with Gasteiger partial charge < -0.3 is 5.11 Å². The van der Waals surface area contributed by atoms with Crippen molar-refractivity contribution in [3.8, 4) is 0 Å². The largest absolute Gasteiger partial charge is 0.392 e. The highest BCUT2D eigenvalue weighted by atomic mass is 32.2. The van der Waals surface area contributed by atoms with Gasteiger partial charge in [0.05, 0.1) is 17.1 Å². The first kappa shape index (κ1) is 12.6. The minimum atomic E-state index is -3.24. The molecule has 3 nitrogen and oxygen atoms in total. The van der Waals surface area contributed by atoms with E-state index in [1.807, 2.05) is 30.3 Å². The fourth-order valence-corrected chi connectivity index (χ4v) is 4.42. The van der Waals surface area contributed by atoms with E-state index in [1.54, 1.807) is 0 Å². The monoisotopic (exact) mass is 254 g/mol. The molecule has 4 heteroatoms. The van der Waals surface area contributed by atoms with Crippen LogP contribution in [0.5, 0.6) is 0 Å². The van der Waals surface area contributed by atoms with Crippen LogP contribution in [-0.4, -0.2) is 24.9 Å². The zero-order valence-corrected chi connectivity index (χ0v) is 10.6. The van der Waals surface area contributed by atoms with Gasteiger partial charge in [0, 0.05) is 0 Å². The SMILES string of the molecule is O=S(=O)(Cc1ccccc1)[C@@H]1CCCC[C@@H]1O. The van der Waals surface area contributed by atoms with Crippen LogP contribution in [0.15, 0.2) is 30.3 Å². The second-order valence-electron chi connectivity index (χ2n) is 4.68. The molecule has 2 rings (SSSR count). The van der Waals surface area contributed by atoms with Crippen molar-refractivity contribution in [1.29, 1.82) is 0 Å². The van der Waals surface area contributed by atoms with Gasteiger partial charge in [0.25, 0.3) is 0 Å². The van der Waals surface area contributed by atoms with Crippen molar-refractivity contribution in [2.24, 2.45) is 0 Å². The molecular weight excluding hydrogens is 236 g/mol. The summed E-state index contributed by atoms with van der Waals surface area (Å²) in [7, 11) is -3.24. The quantitative estimate of drug-likeness (QED) is 0.896. The highest BCUT2D eigenvalue weighted by Crippen LogP contribution is 2.26. The molecule has 1 aromatic carbocycles. The second kappa shape index (κ2) is 5.19. The van der Waals surface area contributed by atoms with Crippen LogP contribution >= 0.6 is 0 Å². The fraction of sp³-hybridized carbons (Fsp3) is 0.538. The number of aliphatic hydroxyl groups excluding tert-OH is 1. The van der Waals surface area contributed by atoms with Crippen LogP contribution in [0.3, 0.4) is 0 Å². The Bertz CT molecular complexity index is 453. The third kappa shape index (κ3) is 3.07. The molecule has 1 aromatic rings. The lowest BCUT2D eigenvalue weighted by atomic mass is 9.97. The van der Waals surface area contributed by atoms with Crippen LogP contribution in [0.1, 0.15) is 31.2 Å². The van der Waals surface area contributed by atoms with Crippen molar-refractivity contribution < 1.29 is 13.5 Å². The minimum Gasteiger partial charge on any atom is -0.392 e. The van der Waals surface area contributed by atoms with Crippen molar-refractivity contribution in [3.63, 3.8) is 0 Å². The number of sulfone groups is 1. The Labute approximate surface area is 102 Å². The van der Waals surface area contributed by atoms with Gasteiger partial charge in [-0.15, -0.1) is 0 Å². The third-order valence-electron chi connectivity index (χ3n) is 3.34. The second-order valence-corrected chi connectivity index (χ2v) is 6.90. The number of hydrogen-bond acceptors (Lipinski definition) is 3. The summed E-state index contributed by atoms with van der Waals surface area (Å²) in [6.07, 6.45) is 2.35. The molecule has 0 heterocycles. The fourth-order valence-electron chi connectivity index (χ4n) is 2.41. The maximum Gasteiger partial charge on any atom is 0.159 e. The average molecular weight is 254 g/mol. The molecule has 0 saturated heterocycles. The Balaban J connectivity index is 2.13. The average Bonchev–Trinajstić information content (AvgIpc) is 2.30. The first-order valence-electron chi connectivity index (χ1n) is 6.03. The van der Waals surface area contributed by atoms with Crippen molar-refractivity contribution >= 4 is 9.84 Å². The molecule has 0 radical (unpaired) electrons. The lowest BCUT2D eigenvalue weighted by Gasteiger charge is -2.27. The van der Waals surface area contributed by atoms with Gasteiger partial charge in [-0.1, -0.05) is 43.2 Å². The summed E-state index contributed by atoms with van der Waals surface area (Å²) in [5.41, 5.74) is 0.797. The summed E-state index contributed by atoms with van der Waals surface area (Å²) >= 11 is 0. The molecular formula is C13H18O3S. The lowest BCUT2D eigenvalue weighted by Crippen LogP contribution is -2.37. The number of rotatable bonds is 3. The zero-order valence-electron chi connectivity index (χ0n) is 9.75. The van der Waals surface area contributed by atoms with Crippen LogP contribution in [0.4, 0.5) is 0 Å². The topological polar surface area (TPSA) is 54.4 Å². The Morgan fingerprint density at radius 2 is 1.76 bits per heavy atom. The van der Waals surface area contributed by atoms with E-state index in [-0.39, 0.29) is 5.75 Å². The molecule has 0 aliphatic heterocycles. The molecule has 1 fully saturated rings. The van der Waals surface area contributed by atoms with Crippen LogP contribution in [0.25, 0.3) is 0 Å². The van der Waals surface area contributed by atoms with E-state index >= 15 is 0 Å². The maximum absolute atomic E-state index is 12.2. The molecule has 1 N–H and O–H groups in total. The lowest BCUT2D eigenvalue weighted by molar-refractivity contribution is 0.133. The highest BCUT2D eigenvalue weighted by molar-refractivity contribution is 7.91. The molecule has 1 saturated carbocycles. The summed E-state index contributed by atoms with van der Waals surface area (Å²) in [6.45, 7) is 0. The minimum absolute atomic E-state index is 0.0373. The van der Waals surface area contributed by atoms with Crippen molar-refractivity contribution in [3.05, 3.63) is 35.9 Å². The van der Waals surface area contributed by atoms with Crippen LogP contribution < -0.4 is 0 Å². The molecule has 0 unspecified atom stereocenters. The number of hydrogen-bond donors (Lipinski definition) is 1. The molecule has 1 aliphatic carbocycles. The van der Waals surface area contributed by atoms with Gasteiger partial charge in [-0.05, 0) is 18.4 Å². The Morgan fingerprint density at radius 1 is 1.12 bits per heavy atom. The van der Waals surface area contributed by atoms with Gasteiger partial charge in [-0.25, -0.2) is 8.42 Å². The van der Waals surface area contributed by atoms with Gasteiger partial charge >= 0.3 is 0 Å². The Hall–Kier alpha value is -0.870. The van der Waals surface area contributed by atoms with Gasteiger partial charge in [-0.3, -0.25) is 0 Å². The summed E-state index contributed by atoms with van der Waals surface area (Å²) in [5.74, 6) is 0.0373. The van der Waals surface area contributed by atoms with Crippen molar-refractivity contribution in [2.75, 3.05) is 0 Å². The predicted octanol–water partition coefficient (Wildman–Crippen LogP) is 1.90. The number of benzene rings is 1. The van der Waals surface area contributed by atoms with E-state index < -0.39 is 21.2 Å². The van der Waals surface area contributed by atoms with E-state index in [0.717, 1.165) is 18.4 Å². The molecule has 17 heavy (non-hydrogen) atoms. The molecule has 1 aliphatic rings. The predicted molar refractivity (Wildman–Crippen MR) is 67.3 cm³/mol. The number of aliphatic hydroxyl groups is 1. The Morgan fingerprint density at radius 3 is 2.41 bits per heavy atom. The smallest absolute Gasteiger partial charge is 0.159 e. The van der Waals surface area contributed by atoms with E-state index in [2.05, 4.69) is 0 Å². The molecule has 0 amide bonds. The van der Waals surface area contributed by atoms with E-state index in [1.165, 1.54) is 0 Å². The van der Waals surface area contributed by atoms with Gasteiger partial charge in [0.2, 0.25) is 0 Å². The first-order valence-corrected chi connectivity index (χ1v) is 7.75. The summed E-state index contributed by atoms with van der Waals surface area (Å²) in [6, 6.07) is 9.16. The molecule has 0 aromatic heterocycles. The van der Waals surface area contributed by atoms with Crippen molar-refractivity contribution in [1.82, 2.24) is 0 Å². The Kier molecular flexibility index (Phi) is 3.84. The zero-order chi connectivity index (χ0) is 12.3. The summed E-state index contributed by atoms with van der Waals surface area (Å²) < 4.78 is 24.4. The van der Waals surface area contributed by atoms with E-state index in [0.29, 0.717) is 12.8 Å². The normalized spacial score (nSPS) is 25.7. The maximum atomic E-state index is 12.2. The molecule has 0 bridgehead atoms. The van der Waals surface area contributed by atoms with Crippen LogP contribution in [-0.2, 0) is 15.6 Å². The van der Waals surface area contributed by atoms with Crippen molar-refractivity contribution in [2.45, 2.75) is 42.8 Å². The van der Waals surface area contributed by atoms with Gasteiger partial charge in [0.1, 0.15) is 0 Å². The molecule has 2 atom stereocenters. The van der Waals surface area contributed by atoms with E-state index in [9.17, 15) is 13.5 Å². The first-order chi connectivity index (χ1) is 8.09. The van der Waals surface area contributed by atoms with Crippen LogP contribution in [0, 0.1) is 0 Å². The standard InChI is InChI=1S/C13H18O3S/c14-12-8-4-5-9-13(12)17(15,16)10-11-6-2-1-3-7-11/h1-3,6-7,12-14H,4-5,8-10H2/t12-,13+/m0/s1.